The van der Waals surface area contributed by atoms with E-state index in [2.05, 4.69) is 37.1 Å². The first-order chi connectivity index (χ1) is 16.0. The highest BCUT2D eigenvalue weighted by Crippen LogP contribution is 2.31. The van der Waals surface area contributed by atoms with Gasteiger partial charge in [0.25, 0.3) is 0 Å². The van der Waals surface area contributed by atoms with Crippen LogP contribution in [0.3, 0.4) is 0 Å². The molecule has 0 amide bonds. The van der Waals surface area contributed by atoms with Crippen molar-refractivity contribution >= 4 is 11.5 Å². The van der Waals surface area contributed by atoms with Gasteiger partial charge >= 0.3 is 0 Å². The van der Waals surface area contributed by atoms with E-state index in [4.69, 9.17) is 5.73 Å². The van der Waals surface area contributed by atoms with Crippen LogP contribution in [0.5, 0.6) is 0 Å². The number of likely N-dealkylation sites (tertiary alicyclic amines) is 1. The molecule has 172 valence electrons. The fraction of sp³-hybridized carbons (Fsp3) is 0.318. The number of tetrazole rings is 1. The van der Waals surface area contributed by atoms with E-state index in [1.807, 2.05) is 10.9 Å². The Morgan fingerprint density at radius 2 is 1.97 bits per heavy atom. The minimum Gasteiger partial charge on any atom is -0.383 e. The van der Waals surface area contributed by atoms with E-state index in [0.29, 0.717) is 5.56 Å². The zero-order chi connectivity index (χ0) is 23.4. The summed E-state index contributed by atoms with van der Waals surface area (Å²) in [7, 11) is 0. The number of pyridine rings is 1. The van der Waals surface area contributed by atoms with Crippen LogP contribution in [0.15, 0.2) is 55.0 Å². The zero-order valence-corrected chi connectivity index (χ0v) is 18.3. The second-order valence-electron chi connectivity index (χ2n) is 7.72. The number of hydrogen-bond acceptors (Lipinski definition) is 7. The van der Waals surface area contributed by atoms with E-state index < -0.39 is 11.7 Å². The molecule has 1 saturated heterocycles. The molecule has 2 N–H and O–H groups in total. The van der Waals surface area contributed by atoms with Crippen LogP contribution >= 0.6 is 0 Å². The highest BCUT2D eigenvalue weighted by Gasteiger charge is 2.20. The first-order valence-electron chi connectivity index (χ1n) is 10.6. The molecule has 11 heteroatoms. The summed E-state index contributed by atoms with van der Waals surface area (Å²) in [4.78, 5) is 6.66. The van der Waals surface area contributed by atoms with Crippen LogP contribution in [0, 0.1) is 0 Å². The Bertz CT molecular complexity index is 1200. The number of anilines is 1. The fourth-order valence-corrected chi connectivity index (χ4v) is 3.68. The number of halogens is 2. The molecule has 0 spiro atoms. The minimum absolute atomic E-state index is 0.0942. The molecule has 1 fully saturated rings. The Balaban J connectivity index is 1.60. The molecule has 9 nitrogen and oxygen atoms in total. The van der Waals surface area contributed by atoms with Gasteiger partial charge in [0.05, 0.1) is 18.3 Å². The van der Waals surface area contributed by atoms with Gasteiger partial charge in [-0.1, -0.05) is 12.7 Å². The number of nitrogen functional groups attached to an aromatic ring is 1. The molecule has 0 radical (unpaired) electrons. The minimum atomic E-state index is -1.18. The van der Waals surface area contributed by atoms with Gasteiger partial charge in [0.1, 0.15) is 11.5 Å². The van der Waals surface area contributed by atoms with Gasteiger partial charge in [0.15, 0.2) is 17.5 Å². The van der Waals surface area contributed by atoms with Crippen LogP contribution in [0.4, 0.5) is 14.6 Å². The predicted molar refractivity (Wildman–Crippen MR) is 122 cm³/mol. The van der Waals surface area contributed by atoms with Gasteiger partial charge in [0, 0.05) is 30.1 Å². The third-order valence-electron chi connectivity index (χ3n) is 5.47. The zero-order valence-electron chi connectivity index (χ0n) is 18.3. The quantitative estimate of drug-likeness (QED) is 0.521. The van der Waals surface area contributed by atoms with Crippen molar-refractivity contribution in [2.75, 3.05) is 25.4 Å². The van der Waals surface area contributed by atoms with E-state index in [1.54, 1.807) is 25.4 Å². The van der Waals surface area contributed by atoms with Crippen molar-refractivity contribution in [2.24, 2.45) is 0 Å². The molecule has 1 aliphatic heterocycles. The number of nitrogens with zero attached hydrogens (tertiary/aromatic N) is 8. The molecular formula is C22H25F2N9. The highest BCUT2D eigenvalue weighted by atomic mass is 19.2. The highest BCUT2D eigenvalue weighted by molar-refractivity contribution is 5.77. The smallest absolute Gasteiger partial charge is 0.190 e. The molecule has 0 saturated carbocycles. The summed E-state index contributed by atoms with van der Waals surface area (Å²) < 4.78 is 31.3. The van der Waals surface area contributed by atoms with Gasteiger partial charge in [-0.3, -0.25) is 4.68 Å². The van der Waals surface area contributed by atoms with Gasteiger partial charge in [-0.05, 0) is 55.4 Å². The van der Waals surface area contributed by atoms with Crippen LogP contribution in [0.25, 0.3) is 28.2 Å². The predicted octanol–water partition coefficient (Wildman–Crippen LogP) is 3.47. The Kier molecular flexibility index (Phi) is 6.68. The summed E-state index contributed by atoms with van der Waals surface area (Å²) in [6, 6.07) is 1.74. The first kappa shape index (κ1) is 22.5. The summed E-state index contributed by atoms with van der Waals surface area (Å²) >= 11 is 0. The number of hydrogen-bond donors (Lipinski definition) is 1. The third-order valence-corrected chi connectivity index (χ3v) is 5.47. The Labute approximate surface area is 189 Å². The summed E-state index contributed by atoms with van der Waals surface area (Å²) in [5.41, 5.74) is 7.65. The largest absolute Gasteiger partial charge is 0.383 e. The van der Waals surface area contributed by atoms with Gasteiger partial charge in [-0.25, -0.2) is 13.8 Å². The molecule has 0 bridgehead atoms. The second-order valence-corrected chi connectivity index (χ2v) is 7.72. The van der Waals surface area contributed by atoms with E-state index in [0.717, 1.165) is 48.1 Å². The van der Waals surface area contributed by atoms with Crippen LogP contribution in [0.2, 0.25) is 0 Å². The molecule has 0 unspecified atom stereocenters. The first-order valence-corrected chi connectivity index (χ1v) is 10.6. The topological polar surface area (TPSA) is 104 Å². The third kappa shape index (κ3) is 4.87. The lowest BCUT2D eigenvalue weighted by Crippen LogP contribution is -2.24. The summed E-state index contributed by atoms with van der Waals surface area (Å²) in [6.07, 6.45) is 10.2. The molecule has 0 atom stereocenters. The normalized spacial score (nSPS) is 15.4. The van der Waals surface area contributed by atoms with Crippen molar-refractivity contribution in [3.05, 3.63) is 55.0 Å². The maximum absolute atomic E-state index is 14.4. The molecular weight excluding hydrogens is 428 g/mol. The molecule has 0 aliphatic carbocycles. The van der Waals surface area contributed by atoms with E-state index in [9.17, 15) is 8.78 Å². The Morgan fingerprint density at radius 3 is 2.73 bits per heavy atom. The maximum Gasteiger partial charge on any atom is 0.190 e. The standard InChI is InChI=1S/C22H25F2N9/c1-3-6-19(23)20(24)15(2)33-22(28-29-30-33)18-11-16(12-26-21(18)25)17-13-27-32(14-17)10-9-31-7-4-5-8-31/h3,6,11-14H,2,4-5,7-10H2,1H3,(H2,25,26)/b6-3-,20-19-. The fourth-order valence-electron chi connectivity index (χ4n) is 3.68. The van der Waals surface area contributed by atoms with Gasteiger partial charge in [0.2, 0.25) is 0 Å². The second kappa shape index (κ2) is 9.82. The average Bonchev–Trinajstić information content (AvgIpc) is 3.59. The Morgan fingerprint density at radius 1 is 1.18 bits per heavy atom. The van der Waals surface area contributed by atoms with Crippen molar-refractivity contribution in [1.29, 1.82) is 0 Å². The van der Waals surface area contributed by atoms with Gasteiger partial charge < -0.3 is 10.6 Å². The molecule has 4 rings (SSSR count). The summed E-state index contributed by atoms with van der Waals surface area (Å²) in [6.45, 7) is 9.17. The molecule has 33 heavy (non-hydrogen) atoms. The number of aromatic nitrogens is 7. The van der Waals surface area contributed by atoms with E-state index >= 15 is 0 Å². The Hall–Kier alpha value is -3.73. The average molecular weight is 454 g/mol. The van der Waals surface area contributed by atoms with Gasteiger partial charge in [-0.2, -0.15) is 9.78 Å². The van der Waals surface area contributed by atoms with Crippen molar-refractivity contribution < 1.29 is 8.78 Å². The molecule has 3 aromatic heterocycles. The van der Waals surface area contributed by atoms with Gasteiger partial charge in [-0.15, -0.1) is 5.10 Å². The number of rotatable bonds is 8. The van der Waals surface area contributed by atoms with Crippen molar-refractivity contribution in [3.8, 4) is 22.5 Å². The molecule has 4 heterocycles. The van der Waals surface area contributed by atoms with Crippen LogP contribution in [-0.4, -0.2) is 59.5 Å². The van der Waals surface area contributed by atoms with E-state index in [-0.39, 0.29) is 17.3 Å². The lowest BCUT2D eigenvalue weighted by atomic mass is 10.1. The monoisotopic (exact) mass is 453 g/mol. The molecule has 1 aliphatic rings. The summed E-state index contributed by atoms with van der Waals surface area (Å²) in [5.74, 6) is -2.02. The van der Waals surface area contributed by atoms with Crippen LogP contribution in [-0.2, 0) is 6.54 Å². The maximum atomic E-state index is 14.4. The van der Waals surface area contributed by atoms with Crippen molar-refractivity contribution in [1.82, 2.24) is 39.9 Å². The SMILES string of the molecule is C=C(/C(F)=C(F)\C=C/C)n1nnnc1-c1cc(-c2cnn(CCN3CCCC3)c2)cnc1N. The van der Waals surface area contributed by atoms with Crippen molar-refractivity contribution in [2.45, 2.75) is 26.3 Å². The lowest BCUT2D eigenvalue weighted by molar-refractivity contribution is 0.316. The lowest BCUT2D eigenvalue weighted by Gasteiger charge is -2.13. The molecule has 0 aromatic carbocycles. The number of nitrogens with two attached hydrogens (primary N) is 1. The summed E-state index contributed by atoms with van der Waals surface area (Å²) in [5, 5.41) is 15.7. The van der Waals surface area contributed by atoms with Crippen LogP contribution < -0.4 is 5.73 Å². The molecule has 3 aromatic rings. The van der Waals surface area contributed by atoms with Crippen molar-refractivity contribution in [3.63, 3.8) is 0 Å². The number of allylic oxidation sites excluding steroid dienone is 5. The van der Waals surface area contributed by atoms with E-state index in [1.165, 1.54) is 18.9 Å². The van der Waals surface area contributed by atoms with Crippen LogP contribution in [0.1, 0.15) is 19.8 Å².